The van der Waals surface area contributed by atoms with Gasteiger partial charge in [0.1, 0.15) is 5.00 Å². The Morgan fingerprint density at radius 2 is 2.20 bits per heavy atom. The molecule has 1 saturated heterocycles. The number of nitrogens with zero attached hydrogens (tertiary/aromatic N) is 1. The topological polar surface area (TPSA) is 46.3 Å². The Morgan fingerprint density at radius 1 is 1.45 bits per heavy atom. The first-order chi connectivity index (χ1) is 9.58. The second-order valence-electron chi connectivity index (χ2n) is 5.43. The van der Waals surface area contributed by atoms with E-state index in [4.69, 9.17) is 5.73 Å². The zero-order valence-electron chi connectivity index (χ0n) is 12.6. The Balaban J connectivity index is 2.27. The lowest BCUT2D eigenvalue weighted by atomic mass is 9.98. The molecule has 2 heterocycles. The Bertz CT molecular complexity index is 484. The van der Waals surface area contributed by atoms with E-state index in [1.807, 2.05) is 6.26 Å². The van der Waals surface area contributed by atoms with Crippen LogP contribution in [0.4, 0.5) is 10.7 Å². The van der Waals surface area contributed by atoms with E-state index in [1.54, 1.807) is 30.0 Å². The fourth-order valence-electron chi connectivity index (χ4n) is 2.86. The number of Topliss-reactive ketones (excluding diaryl/α,β-unsaturated/α-hetero) is 1. The number of ketones is 1. The number of thiophene rings is 1. The number of nitrogens with two attached hydrogens (primary N) is 1. The highest BCUT2D eigenvalue weighted by molar-refractivity contribution is 7.99. The lowest BCUT2D eigenvalue weighted by molar-refractivity contribution is 0.102. The van der Waals surface area contributed by atoms with E-state index >= 15 is 0 Å². The van der Waals surface area contributed by atoms with Gasteiger partial charge in [-0.3, -0.25) is 4.79 Å². The van der Waals surface area contributed by atoms with Crippen molar-refractivity contribution >= 4 is 39.6 Å². The molecule has 1 aliphatic rings. The molecule has 1 unspecified atom stereocenters. The van der Waals surface area contributed by atoms with Crippen molar-refractivity contribution in [3.63, 3.8) is 0 Å². The first kappa shape index (κ1) is 15.7. The van der Waals surface area contributed by atoms with E-state index in [0.717, 1.165) is 28.8 Å². The van der Waals surface area contributed by atoms with E-state index in [2.05, 4.69) is 11.8 Å². The van der Waals surface area contributed by atoms with Crippen molar-refractivity contribution in [2.75, 3.05) is 30.0 Å². The average molecular weight is 313 g/mol. The van der Waals surface area contributed by atoms with Crippen molar-refractivity contribution in [3.8, 4) is 0 Å². The predicted molar refractivity (Wildman–Crippen MR) is 90.4 cm³/mol. The number of carbonyl (C=O) groups is 1. The van der Waals surface area contributed by atoms with Gasteiger partial charge in [-0.2, -0.15) is 0 Å². The van der Waals surface area contributed by atoms with Crippen LogP contribution in [0.15, 0.2) is 4.90 Å². The first-order valence-electron chi connectivity index (χ1n) is 7.30. The van der Waals surface area contributed by atoms with Crippen LogP contribution in [-0.2, 0) is 0 Å². The molecule has 3 nitrogen and oxygen atoms in total. The number of hydrogen-bond donors (Lipinski definition) is 1. The summed E-state index contributed by atoms with van der Waals surface area (Å²) in [5.41, 5.74) is 6.84. The molecule has 1 atom stereocenters. The van der Waals surface area contributed by atoms with Crippen LogP contribution in [0, 0.1) is 5.92 Å². The van der Waals surface area contributed by atoms with Crippen LogP contribution in [-0.4, -0.2) is 25.1 Å². The highest BCUT2D eigenvalue weighted by Crippen LogP contribution is 2.44. The Kier molecular flexibility index (Phi) is 5.38. The molecule has 1 fully saturated rings. The lowest BCUT2D eigenvalue weighted by Gasteiger charge is -2.22. The third-order valence-corrected chi connectivity index (χ3v) is 6.44. The molecule has 0 aromatic carbocycles. The lowest BCUT2D eigenvalue weighted by Crippen LogP contribution is -2.23. The maximum absolute atomic E-state index is 11.7. The van der Waals surface area contributed by atoms with Crippen molar-refractivity contribution in [3.05, 3.63) is 4.88 Å². The number of rotatable bonds is 4. The largest absolute Gasteiger partial charge is 0.396 e. The van der Waals surface area contributed by atoms with Gasteiger partial charge in [0.05, 0.1) is 15.5 Å². The van der Waals surface area contributed by atoms with Crippen molar-refractivity contribution in [1.82, 2.24) is 0 Å². The number of nitrogen functional groups attached to an aromatic ring is 1. The zero-order chi connectivity index (χ0) is 14.7. The summed E-state index contributed by atoms with van der Waals surface area (Å²) in [5, 5.41) is 1.21. The van der Waals surface area contributed by atoms with Gasteiger partial charge in [-0.05, 0) is 31.4 Å². The Hall–Kier alpha value is -0.680. The van der Waals surface area contributed by atoms with E-state index in [9.17, 15) is 4.79 Å². The fraction of sp³-hybridized carbons (Fsp3) is 0.667. The van der Waals surface area contributed by atoms with E-state index in [-0.39, 0.29) is 5.78 Å². The third-order valence-electron chi connectivity index (χ3n) is 4.12. The van der Waals surface area contributed by atoms with Gasteiger partial charge >= 0.3 is 0 Å². The molecule has 5 heteroatoms. The highest BCUT2D eigenvalue weighted by Gasteiger charge is 2.24. The molecule has 1 aromatic rings. The molecular formula is C15H24N2OS2. The van der Waals surface area contributed by atoms with Crippen LogP contribution in [0.2, 0.25) is 0 Å². The minimum Gasteiger partial charge on any atom is -0.396 e. The van der Waals surface area contributed by atoms with E-state index in [1.165, 1.54) is 30.7 Å². The minimum atomic E-state index is 0.0790. The van der Waals surface area contributed by atoms with Crippen molar-refractivity contribution in [2.45, 2.75) is 44.4 Å². The summed E-state index contributed by atoms with van der Waals surface area (Å²) in [6.45, 7) is 6.06. The van der Waals surface area contributed by atoms with Gasteiger partial charge in [-0.1, -0.05) is 13.3 Å². The summed E-state index contributed by atoms with van der Waals surface area (Å²) in [4.78, 5) is 16.0. The summed E-state index contributed by atoms with van der Waals surface area (Å²) in [6, 6.07) is 0. The summed E-state index contributed by atoms with van der Waals surface area (Å²) < 4.78 is 0. The van der Waals surface area contributed by atoms with Crippen LogP contribution in [0.3, 0.4) is 0 Å². The molecule has 1 aliphatic heterocycles. The molecule has 112 valence electrons. The first-order valence-corrected chi connectivity index (χ1v) is 9.34. The second-order valence-corrected chi connectivity index (χ2v) is 7.25. The quantitative estimate of drug-likeness (QED) is 0.666. The van der Waals surface area contributed by atoms with E-state index in [0.29, 0.717) is 5.69 Å². The SMILES string of the molecule is CCC1CCCN(c2sc(C(C)=O)c(N)c2SC)CC1. The Labute approximate surface area is 129 Å². The maximum Gasteiger partial charge on any atom is 0.171 e. The summed E-state index contributed by atoms with van der Waals surface area (Å²) in [6.07, 6.45) is 7.12. The smallest absolute Gasteiger partial charge is 0.171 e. The molecular weight excluding hydrogens is 288 g/mol. The van der Waals surface area contributed by atoms with Crippen LogP contribution >= 0.6 is 23.1 Å². The van der Waals surface area contributed by atoms with Crippen molar-refractivity contribution in [2.24, 2.45) is 5.92 Å². The second kappa shape index (κ2) is 6.85. The standard InChI is InChI=1S/C15H24N2OS2/c1-4-11-6-5-8-17(9-7-11)15-14(19-3)12(16)13(20-15)10(2)18/h11H,4-9,16H2,1-3H3. The van der Waals surface area contributed by atoms with Crippen molar-refractivity contribution in [1.29, 1.82) is 0 Å². The predicted octanol–water partition coefficient (Wildman–Crippen LogP) is 4.27. The van der Waals surface area contributed by atoms with Gasteiger partial charge in [0.2, 0.25) is 0 Å². The number of hydrogen-bond acceptors (Lipinski definition) is 5. The molecule has 0 saturated carbocycles. The Morgan fingerprint density at radius 3 is 2.80 bits per heavy atom. The molecule has 2 N–H and O–H groups in total. The van der Waals surface area contributed by atoms with Gasteiger partial charge in [0.25, 0.3) is 0 Å². The van der Waals surface area contributed by atoms with Gasteiger partial charge in [0.15, 0.2) is 5.78 Å². The molecule has 20 heavy (non-hydrogen) atoms. The highest BCUT2D eigenvalue weighted by atomic mass is 32.2. The van der Waals surface area contributed by atoms with Crippen LogP contribution in [0.1, 0.15) is 49.2 Å². The van der Waals surface area contributed by atoms with Crippen LogP contribution in [0.25, 0.3) is 0 Å². The minimum absolute atomic E-state index is 0.0790. The maximum atomic E-state index is 11.7. The third kappa shape index (κ3) is 3.14. The molecule has 0 spiro atoms. The van der Waals surface area contributed by atoms with Gasteiger partial charge in [-0.25, -0.2) is 0 Å². The van der Waals surface area contributed by atoms with Gasteiger partial charge in [0, 0.05) is 20.0 Å². The molecule has 0 aliphatic carbocycles. The normalized spacial score (nSPS) is 19.9. The number of anilines is 2. The molecule has 0 radical (unpaired) electrons. The number of thioether (sulfide) groups is 1. The number of carbonyl (C=O) groups excluding carboxylic acids is 1. The molecule has 0 bridgehead atoms. The molecule has 1 aromatic heterocycles. The van der Waals surface area contributed by atoms with Crippen LogP contribution < -0.4 is 10.6 Å². The van der Waals surface area contributed by atoms with Crippen molar-refractivity contribution < 1.29 is 4.79 Å². The summed E-state index contributed by atoms with van der Waals surface area (Å²) >= 11 is 3.23. The van der Waals surface area contributed by atoms with Gasteiger partial charge in [-0.15, -0.1) is 23.1 Å². The van der Waals surface area contributed by atoms with Gasteiger partial charge < -0.3 is 10.6 Å². The monoisotopic (exact) mass is 312 g/mol. The molecule has 2 rings (SSSR count). The molecule has 0 amide bonds. The summed E-state index contributed by atoms with van der Waals surface area (Å²) in [7, 11) is 0. The summed E-state index contributed by atoms with van der Waals surface area (Å²) in [5.74, 6) is 0.928. The van der Waals surface area contributed by atoms with Crippen LogP contribution in [0.5, 0.6) is 0 Å². The van der Waals surface area contributed by atoms with E-state index < -0.39 is 0 Å². The zero-order valence-corrected chi connectivity index (χ0v) is 14.2. The average Bonchev–Trinajstić information content (AvgIpc) is 2.62. The fourth-order valence-corrected chi connectivity index (χ4v) is 4.99.